The van der Waals surface area contributed by atoms with Crippen molar-refractivity contribution in [2.75, 3.05) is 26.8 Å². The molecule has 176 valence electrons. The zero-order valence-corrected chi connectivity index (χ0v) is 20.7. The molecule has 0 unspecified atom stereocenters. The molecule has 6 heteroatoms. The minimum atomic E-state index is -0.0146. The van der Waals surface area contributed by atoms with Gasteiger partial charge < -0.3 is 14.5 Å². The second-order valence-corrected chi connectivity index (χ2v) is 9.59. The predicted octanol–water partition coefficient (Wildman–Crippen LogP) is 5.42. The average molecular weight is 459 g/mol. The molecule has 0 saturated carbocycles. The normalized spacial score (nSPS) is 10.8. The van der Waals surface area contributed by atoms with Crippen molar-refractivity contribution in [2.24, 2.45) is 0 Å². The molecule has 2 aromatic rings. The molecule has 0 saturated heterocycles. The molecule has 0 bridgehead atoms. The van der Waals surface area contributed by atoms with Gasteiger partial charge in [0.2, 0.25) is 11.8 Å². The Bertz CT molecular complexity index is 806. The Morgan fingerprint density at radius 2 is 1.69 bits per heavy atom. The van der Waals surface area contributed by atoms with Gasteiger partial charge in [0, 0.05) is 43.0 Å². The van der Waals surface area contributed by atoms with Crippen molar-refractivity contribution in [3.63, 3.8) is 0 Å². The molecule has 0 atom stereocenters. The highest BCUT2D eigenvalue weighted by Gasteiger charge is 2.22. The Kier molecular flexibility index (Phi) is 12.1. The summed E-state index contributed by atoms with van der Waals surface area (Å²) in [6.45, 7) is 6.57. The van der Waals surface area contributed by atoms with Crippen LogP contribution >= 0.6 is 11.3 Å². The molecule has 0 aliphatic heterocycles. The van der Waals surface area contributed by atoms with Crippen molar-refractivity contribution in [3.05, 3.63) is 57.8 Å². The third kappa shape index (κ3) is 9.53. The number of unbranched alkanes of at least 4 members (excludes halogenated alkanes) is 3. The molecule has 1 heterocycles. The number of amides is 2. The Morgan fingerprint density at radius 1 is 0.906 bits per heavy atom. The minimum Gasteiger partial charge on any atom is -0.385 e. The Morgan fingerprint density at radius 3 is 2.34 bits per heavy atom. The Hall–Kier alpha value is -2.18. The molecule has 0 radical (unpaired) electrons. The lowest BCUT2D eigenvalue weighted by Gasteiger charge is -2.28. The number of rotatable bonds is 15. The van der Waals surface area contributed by atoms with Gasteiger partial charge in [0.15, 0.2) is 0 Å². The molecule has 5 nitrogen and oxygen atoms in total. The van der Waals surface area contributed by atoms with Crippen LogP contribution in [0.15, 0.2) is 42.5 Å². The lowest BCUT2D eigenvalue weighted by Crippen LogP contribution is -2.43. The quantitative estimate of drug-likeness (QED) is 0.335. The molecule has 0 N–H and O–H groups in total. The summed E-state index contributed by atoms with van der Waals surface area (Å²) in [4.78, 5) is 32.3. The zero-order valence-electron chi connectivity index (χ0n) is 19.8. The fourth-order valence-electron chi connectivity index (χ4n) is 3.61. The largest absolute Gasteiger partial charge is 0.385 e. The predicted molar refractivity (Wildman–Crippen MR) is 132 cm³/mol. The molecule has 0 aliphatic carbocycles. The van der Waals surface area contributed by atoms with Crippen molar-refractivity contribution in [3.8, 4) is 0 Å². The van der Waals surface area contributed by atoms with Crippen LogP contribution in [0.5, 0.6) is 0 Å². The highest BCUT2D eigenvalue weighted by atomic mass is 32.1. The lowest BCUT2D eigenvalue weighted by atomic mass is 10.1. The molecule has 1 aromatic carbocycles. The first-order valence-electron chi connectivity index (χ1n) is 11.7. The van der Waals surface area contributed by atoms with Crippen LogP contribution in [0.4, 0.5) is 0 Å². The van der Waals surface area contributed by atoms with Crippen LogP contribution in [0.1, 0.15) is 60.8 Å². The summed E-state index contributed by atoms with van der Waals surface area (Å²) < 4.78 is 5.17. The molecule has 0 spiro atoms. The summed E-state index contributed by atoms with van der Waals surface area (Å²) in [7, 11) is 1.66. The summed E-state index contributed by atoms with van der Waals surface area (Å²) in [6, 6.07) is 14.2. The number of nitrogens with zero attached hydrogens (tertiary/aromatic N) is 2. The van der Waals surface area contributed by atoms with Gasteiger partial charge in [0.05, 0.1) is 13.1 Å². The van der Waals surface area contributed by atoms with Crippen LogP contribution in [-0.4, -0.2) is 48.4 Å². The van der Waals surface area contributed by atoms with E-state index in [0.717, 1.165) is 42.5 Å². The summed E-state index contributed by atoms with van der Waals surface area (Å²) in [5.74, 6) is 0.0522. The molecule has 2 amide bonds. The number of methoxy groups -OCH3 is 1. The second kappa shape index (κ2) is 14.8. The monoisotopic (exact) mass is 458 g/mol. The molecular formula is C26H38N2O3S. The standard InChI is InChI=1S/C26H38N2O3S/c1-4-5-6-10-14-25(29)27(17-11-18-31-3)21-26(30)28(19-23-12-8-7-9-13-23)20-24-16-15-22(2)32-24/h7-9,12-13,15-16H,4-6,10-11,14,17-21H2,1-3H3. The number of benzene rings is 1. The fourth-order valence-corrected chi connectivity index (χ4v) is 4.52. The van der Waals surface area contributed by atoms with E-state index in [1.807, 2.05) is 35.2 Å². The van der Waals surface area contributed by atoms with E-state index < -0.39 is 0 Å². The van der Waals surface area contributed by atoms with Gasteiger partial charge >= 0.3 is 0 Å². The smallest absolute Gasteiger partial charge is 0.242 e. The fraction of sp³-hybridized carbons (Fsp3) is 0.538. The van der Waals surface area contributed by atoms with Crippen LogP contribution in [0.25, 0.3) is 0 Å². The number of carbonyl (C=O) groups is 2. The number of ether oxygens (including phenoxy) is 1. The van der Waals surface area contributed by atoms with E-state index in [-0.39, 0.29) is 18.4 Å². The van der Waals surface area contributed by atoms with Crippen LogP contribution in [0.3, 0.4) is 0 Å². The van der Waals surface area contributed by atoms with E-state index >= 15 is 0 Å². The Labute approximate surface area is 197 Å². The summed E-state index contributed by atoms with van der Waals surface area (Å²) >= 11 is 1.71. The number of hydrogen-bond donors (Lipinski definition) is 0. The maximum Gasteiger partial charge on any atom is 0.242 e. The van der Waals surface area contributed by atoms with Gasteiger partial charge in [-0.3, -0.25) is 9.59 Å². The van der Waals surface area contributed by atoms with E-state index in [9.17, 15) is 9.59 Å². The number of thiophene rings is 1. The van der Waals surface area contributed by atoms with Crippen molar-refractivity contribution in [1.82, 2.24) is 9.80 Å². The summed E-state index contributed by atoms with van der Waals surface area (Å²) in [6.07, 6.45) is 5.45. The van der Waals surface area contributed by atoms with Gasteiger partial charge in [-0.1, -0.05) is 56.5 Å². The average Bonchev–Trinajstić information content (AvgIpc) is 3.20. The van der Waals surface area contributed by atoms with Gasteiger partial charge in [-0.2, -0.15) is 0 Å². The van der Waals surface area contributed by atoms with Crippen LogP contribution in [0, 0.1) is 6.92 Å². The molecule has 0 fully saturated rings. The van der Waals surface area contributed by atoms with Crippen LogP contribution in [0.2, 0.25) is 0 Å². The van der Waals surface area contributed by atoms with E-state index in [1.165, 1.54) is 4.88 Å². The highest BCUT2D eigenvalue weighted by molar-refractivity contribution is 7.11. The van der Waals surface area contributed by atoms with E-state index in [1.54, 1.807) is 23.3 Å². The molecule has 2 rings (SSSR count). The first kappa shape index (κ1) is 26.1. The number of carbonyl (C=O) groups excluding carboxylic acids is 2. The molecule has 32 heavy (non-hydrogen) atoms. The molecule has 0 aliphatic rings. The van der Waals surface area contributed by atoms with Crippen LogP contribution < -0.4 is 0 Å². The van der Waals surface area contributed by atoms with Crippen molar-refractivity contribution in [1.29, 1.82) is 0 Å². The van der Waals surface area contributed by atoms with Gasteiger partial charge in [0.25, 0.3) is 0 Å². The van der Waals surface area contributed by atoms with Gasteiger partial charge in [-0.25, -0.2) is 0 Å². The number of hydrogen-bond acceptors (Lipinski definition) is 4. The first-order chi connectivity index (χ1) is 15.5. The van der Waals surface area contributed by atoms with Crippen LogP contribution in [-0.2, 0) is 27.4 Å². The second-order valence-electron chi connectivity index (χ2n) is 8.22. The minimum absolute atomic E-state index is 0.0146. The molecular weight excluding hydrogens is 420 g/mol. The van der Waals surface area contributed by atoms with E-state index in [0.29, 0.717) is 32.7 Å². The maximum atomic E-state index is 13.4. The SMILES string of the molecule is CCCCCCC(=O)N(CCCOC)CC(=O)N(Cc1ccccc1)Cc1ccc(C)s1. The van der Waals surface area contributed by atoms with Crippen molar-refractivity contribution in [2.45, 2.75) is 65.5 Å². The maximum absolute atomic E-state index is 13.4. The Balaban J connectivity index is 2.08. The van der Waals surface area contributed by atoms with E-state index in [4.69, 9.17) is 4.74 Å². The summed E-state index contributed by atoms with van der Waals surface area (Å²) in [5, 5.41) is 0. The van der Waals surface area contributed by atoms with Gasteiger partial charge in [-0.15, -0.1) is 11.3 Å². The molecule has 1 aromatic heterocycles. The highest BCUT2D eigenvalue weighted by Crippen LogP contribution is 2.19. The van der Waals surface area contributed by atoms with Gasteiger partial charge in [0.1, 0.15) is 0 Å². The third-order valence-corrected chi connectivity index (χ3v) is 6.40. The third-order valence-electron chi connectivity index (χ3n) is 5.41. The zero-order chi connectivity index (χ0) is 23.2. The van der Waals surface area contributed by atoms with E-state index in [2.05, 4.69) is 26.0 Å². The van der Waals surface area contributed by atoms with Gasteiger partial charge in [-0.05, 0) is 37.5 Å². The van der Waals surface area contributed by atoms with Crippen molar-refractivity contribution < 1.29 is 14.3 Å². The van der Waals surface area contributed by atoms with Crippen molar-refractivity contribution >= 4 is 23.2 Å². The number of aryl methyl sites for hydroxylation is 1. The topological polar surface area (TPSA) is 49.9 Å². The lowest BCUT2D eigenvalue weighted by molar-refractivity contribution is -0.141. The summed E-state index contributed by atoms with van der Waals surface area (Å²) in [5.41, 5.74) is 1.09. The first-order valence-corrected chi connectivity index (χ1v) is 12.5.